The van der Waals surface area contributed by atoms with Crippen LogP contribution in [0.25, 0.3) is 0 Å². The van der Waals surface area contributed by atoms with Crippen LogP contribution < -0.4 is 0 Å². The minimum Gasteiger partial charge on any atom is -0.225 e. The first-order valence-electron chi connectivity index (χ1n) is 4.34. The molecule has 1 aromatic heterocycles. The molecule has 0 saturated heterocycles. The summed E-state index contributed by atoms with van der Waals surface area (Å²) in [5.41, 5.74) is 0.549. The molecule has 1 aromatic carbocycles. The molecule has 0 aliphatic rings. The van der Waals surface area contributed by atoms with Crippen LogP contribution in [0.4, 0.5) is 4.39 Å². The number of benzene rings is 1. The van der Waals surface area contributed by atoms with E-state index in [9.17, 15) is 4.39 Å². The van der Waals surface area contributed by atoms with Gasteiger partial charge in [0.25, 0.3) is 0 Å². The van der Waals surface area contributed by atoms with Crippen molar-refractivity contribution in [3.63, 3.8) is 0 Å². The van der Waals surface area contributed by atoms with E-state index in [0.717, 1.165) is 4.47 Å². The quantitative estimate of drug-likeness (QED) is 0.838. The first-order valence-corrected chi connectivity index (χ1v) is 5.13. The Morgan fingerprint density at radius 3 is 2.87 bits per heavy atom. The smallest absolute Gasteiger partial charge is 0.148 e. The molecule has 0 aliphatic carbocycles. The molecule has 4 nitrogen and oxygen atoms in total. The Kier molecular flexibility index (Phi) is 2.77. The molecule has 6 heteroatoms. The molecule has 0 fully saturated rings. The van der Waals surface area contributed by atoms with Gasteiger partial charge in [-0.25, -0.2) is 9.07 Å². The minimum atomic E-state index is -0.265. The Balaban J connectivity index is 2.36. The first-order chi connectivity index (χ1) is 7.18. The largest absolute Gasteiger partial charge is 0.225 e. The van der Waals surface area contributed by atoms with Crippen LogP contribution in [0.15, 0.2) is 22.7 Å². The molecule has 0 N–H and O–H groups in total. The van der Waals surface area contributed by atoms with E-state index in [2.05, 4.69) is 31.5 Å². The van der Waals surface area contributed by atoms with Crippen molar-refractivity contribution in [3.05, 3.63) is 39.9 Å². The van der Waals surface area contributed by atoms with Crippen molar-refractivity contribution >= 4 is 15.9 Å². The zero-order valence-corrected chi connectivity index (χ0v) is 9.57. The summed E-state index contributed by atoms with van der Waals surface area (Å²) >= 11 is 3.30. The van der Waals surface area contributed by atoms with Gasteiger partial charge in [-0.1, -0.05) is 22.0 Å². The fourth-order valence-corrected chi connectivity index (χ4v) is 1.70. The fraction of sp³-hybridized carbons (Fsp3) is 0.222. The van der Waals surface area contributed by atoms with Crippen LogP contribution in [0.3, 0.4) is 0 Å². The van der Waals surface area contributed by atoms with E-state index >= 15 is 0 Å². The molecule has 1 heterocycles. The third-order valence-corrected chi connectivity index (χ3v) is 2.82. The van der Waals surface area contributed by atoms with Gasteiger partial charge in [0.05, 0.1) is 6.54 Å². The van der Waals surface area contributed by atoms with E-state index in [4.69, 9.17) is 0 Å². The van der Waals surface area contributed by atoms with Crippen molar-refractivity contribution in [2.24, 2.45) is 0 Å². The summed E-state index contributed by atoms with van der Waals surface area (Å²) in [5, 5.41) is 11.0. The summed E-state index contributed by atoms with van der Waals surface area (Å²) in [7, 11) is 0. The lowest BCUT2D eigenvalue weighted by molar-refractivity contribution is 0.569. The summed E-state index contributed by atoms with van der Waals surface area (Å²) < 4.78 is 15.7. The number of aryl methyl sites for hydroxylation is 1. The van der Waals surface area contributed by atoms with E-state index in [1.165, 1.54) is 6.07 Å². The summed E-state index contributed by atoms with van der Waals surface area (Å²) in [5.74, 6) is 0.393. The van der Waals surface area contributed by atoms with Gasteiger partial charge < -0.3 is 0 Å². The molecule has 0 atom stereocenters. The molecular weight excluding hydrogens is 263 g/mol. The van der Waals surface area contributed by atoms with Crippen LogP contribution in [0.2, 0.25) is 0 Å². The van der Waals surface area contributed by atoms with Crippen molar-refractivity contribution in [1.82, 2.24) is 20.2 Å². The third kappa shape index (κ3) is 2.04. The van der Waals surface area contributed by atoms with E-state index in [1.807, 2.05) is 0 Å². The van der Waals surface area contributed by atoms with Gasteiger partial charge in [-0.15, -0.1) is 5.10 Å². The summed E-state index contributed by atoms with van der Waals surface area (Å²) in [4.78, 5) is 0. The highest BCUT2D eigenvalue weighted by Gasteiger charge is 2.09. The van der Waals surface area contributed by atoms with Crippen molar-refractivity contribution in [2.45, 2.75) is 13.5 Å². The van der Waals surface area contributed by atoms with Crippen LogP contribution in [0.5, 0.6) is 0 Å². The van der Waals surface area contributed by atoms with Gasteiger partial charge in [-0.05, 0) is 29.5 Å². The standard InChI is InChI=1S/C9H8BrFN4/c1-6-12-13-14-15(6)5-7-8(10)3-2-4-9(7)11/h2-4H,5H2,1H3. The van der Waals surface area contributed by atoms with Crippen molar-refractivity contribution in [3.8, 4) is 0 Å². The number of tetrazole rings is 1. The highest BCUT2D eigenvalue weighted by atomic mass is 79.9. The van der Waals surface area contributed by atoms with Crippen LogP contribution in [-0.4, -0.2) is 20.2 Å². The number of aromatic nitrogens is 4. The van der Waals surface area contributed by atoms with Gasteiger partial charge in [0, 0.05) is 10.0 Å². The Morgan fingerprint density at radius 1 is 1.47 bits per heavy atom. The fourth-order valence-electron chi connectivity index (χ4n) is 1.23. The van der Waals surface area contributed by atoms with E-state index in [-0.39, 0.29) is 5.82 Å². The second-order valence-corrected chi connectivity index (χ2v) is 3.94. The van der Waals surface area contributed by atoms with Gasteiger partial charge in [0.1, 0.15) is 11.6 Å². The maximum absolute atomic E-state index is 13.5. The predicted octanol–water partition coefficient (Wildman–Crippen LogP) is 1.93. The van der Waals surface area contributed by atoms with Gasteiger partial charge in [-0.3, -0.25) is 0 Å². The molecule has 0 aliphatic heterocycles. The lowest BCUT2D eigenvalue weighted by Crippen LogP contribution is -2.06. The number of hydrogen-bond donors (Lipinski definition) is 0. The Labute approximate surface area is 94.2 Å². The maximum Gasteiger partial charge on any atom is 0.148 e. The average Bonchev–Trinajstić information content (AvgIpc) is 2.58. The normalized spacial score (nSPS) is 10.6. The van der Waals surface area contributed by atoms with Crippen molar-refractivity contribution in [1.29, 1.82) is 0 Å². The van der Waals surface area contributed by atoms with Crippen LogP contribution in [-0.2, 0) is 6.54 Å². The van der Waals surface area contributed by atoms with E-state index in [0.29, 0.717) is 17.9 Å². The van der Waals surface area contributed by atoms with E-state index < -0.39 is 0 Å². The summed E-state index contributed by atoms with van der Waals surface area (Å²) in [6, 6.07) is 4.85. The Hall–Kier alpha value is -1.30. The highest BCUT2D eigenvalue weighted by molar-refractivity contribution is 9.10. The number of rotatable bonds is 2. The Bertz CT molecular complexity index is 462. The highest BCUT2D eigenvalue weighted by Crippen LogP contribution is 2.20. The van der Waals surface area contributed by atoms with Gasteiger partial charge >= 0.3 is 0 Å². The minimum absolute atomic E-state index is 0.265. The summed E-state index contributed by atoms with van der Waals surface area (Å²) in [6.07, 6.45) is 0. The topological polar surface area (TPSA) is 43.6 Å². The first kappa shape index (κ1) is 10.2. The molecule has 0 bridgehead atoms. The second kappa shape index (κ2) is 4.06. The van der Waals surface area contributed by atoms with Gasteiger partial charge in [0.15, 0.2) is 0 Å². The molecular formula is C9H8BrFN4. The molecule has 2 rings (SSSR count). The molecule has 78 valence electrons. The molecule has 0 saturated carbocycles. The zero-order valence-electron chi connectivity index (χ0n) is 7.98. The maximum atomic E-state index is 13.5. The van der Waals surface area contributed by atoms with Crippen LogP contribution in [0, 0.1) is 12.7 Å². The SMILES string of the molecule is Cc1nnnn1Cc1c(F)cccc1Br. The van der Waals surface area contributed by atoms with Gasteiger partial charge in [0.2, 0.25) is 0 Å². The molecule has 0 spiro atoms. The van der Waals surface area contributed by atoms with Gasteiger partial charge in [-0.2, -0.15) is 0 Å². The molecule has 15 heavy (non-hydrogen) atoms. The van der Waals surface area contributed by atoms with Crippen molar-refractivity contribution < 1.29 is 4.39 Å². The number of hydrogen-bond acceptors (Lipinski definition) is 3. The average molecular weight is 271 g/mol. The van der Waals surface area contributed by atoms with Crippen molar-refractivity contribution in [2.75, 3.05) is 0 Å². The monoisotopic (exact) mass is 270 g/mol. The lowest BCUT2D eigenvalue weighted by Gasteiger charge is -2.05. The molecule has 2 aromatic rings. The number of nitrogens with zero attached hydrogens (tertiary/aromatic N) is 4. The van der Waals surface area contributed by atoms with E-state index in [1.54, 1.807) is 23.7 Å². The van der Waals surface area contributed by atoms with Crippen LogP contribution in [0.1, 0.15) is 11.4 Å². The van der Waals surface area contributed by atoms with Crippen LogP contribution >= 0.6 is 15.9 Å². The molecule has 0 unspecified atom stereocenters. The number of halogens is 2. The lowest BCUT2D eigenvalue weighted by atomic mass is 10.2. The second-order valence-electron chi connectivity index (χ2n) is 3.08. The summed E-state index contributed by atoms with van der Waals surface area (Å²) in [6.45, 7) is 2.10. The zero-order chi connectivity index (χ0) is 10.8. The third-order valence-electron chi connectivity index (χ3n) is 2.08. The Morgan fingerprint density at radius 2 is 2.27 bits per heavy atom. The predicted molar refractivity (Wildman–Crippen MR) is 55.8 cm³/mol. The molecule has 0 radical (unpaired) electrons. The molecule has 0 amide bonds.